The highest BCUT2D eigenvalue weighted by Crippen LogP contribution is 2.69. The number of esters is 1. The number of ether oxygens (including phenoxy) is 1. The van der Waals surface area contributed by atoms with Crippen molar-refractivity contribution in [2.75, 3.05) is 0 Å². The molecule has 4 aliphatic carbocycles. The fourth-order valence-corrected chi connectivity index (χ4v) is 9.60. The molecule has 6 heteroatoms. The molecule has 0 aromatic rings. The van der Waals surface area contributed by atoms with Gasteiger partial charge in [0.25, 0.3) is 0 Å². The summed E-state index contributed by atoms with van der Waals surface area (Å²) in [4.78, 5) is 12.1. The van der Waals surface area contributed by atoms with Gasteiger partial charge in [0, 0.05) is 25.2 Å². The van der Waals surface area contributed by atoms with Gasteiger partial charge in [0.2, 0.25) is 0 Å². The van der Waals surface area contributed by atoms with Gasteiger partial charge < -0.3 is 25.2 Å². The third-order valence-corrected chi connectivity index (χ3v) is 12.3. The molecule has 4 fully saturated rings. The van der Waals surface area contributed by atoms with Gasteiger partial charge in [-0.25, -0.2) is 0 Å². The molecule has 5 unspecified atom stereocenters. The van der Waals surface area contributed by atoms with Gasteiger partial charge in [-0.2, -0.15) is 0 Å². The highest BCUT2D eigenvalue weighted by atomic mass is 16.6. The Hall–Kier alpha value is -0.690. The van der Waals surface area contributed by atoms with Crippen LogP contribution in [0.3, 0.4) is 0 Å². The summed E-state index contributed by atoms with van der Waals surface area (Å²) in [7, 11) is 0. The molecular formula is C30H52O6. The van der Waals surface area contributed by atoms with Crippen LogP contribution < -0.4 is 0 Å². The quantitative estimate of drug-likeness (QED) is 0.395. The molecule has 0 heterocycles. The average Bonchev–Trinajstić information content (AvgIpc) is 3.11. The molecule has 0 saturated heterocycles. The van der Waals surface area contributed by atoms with Crippen molar-refractivity contribution < 1.29 is 30.0 Å². The summed E-state index contributed by atoms with van der Waals surface area (Å²) in [5, 5.41) is 44.6. The second-order valence-electron chi connectivity index (χ2n) is 14.3. The molecule has 6 nitrogen and oxygen atoms in total. The van der Waals surface area contributed by atoms with Gasteiger partial charge in [-0.15, -0.1) is 0 Å². The standard InChI is InChI=1S/C30H52O6/c1-17(2)29(7,34)16-25(33)18(3)22-8-9-23-21-14-26(36-19(4)31)30(35)15-20(32)10-13-28(30,6)24(21)11-12-27(22,23)5/h17-18,20-26,32-35H,8-16H2,1-7H3/t18-,20-,21?,22?,23?,24?,25+,26+,27+,28+,29?,30-/m0/s1. The van der Waals surface area contributed by atoms with E-state index in [1.807, 2.05) is 20.8 Å². The average molecular weight is 509 g/mol. The van der Waals surface area contributed by atoms with Gasteiger partial charge in [-0.05, 0) is 92.8 Å². The number of aliphatic hydroxyl groups is 4. The summed E-state index contributed by atoms with van der Waals surface area (Å²) in [6.45, 7) is 14.0. The first-order chi connectivity index (χ1) is 16.6. The van der Waals surface area contributed by atoms with Gasteiger partial charge in [-0.1, -0.05) is 34.6 Å². The van der Waals surface area contributed by atoms with Crippen LogP contribution in [0.4, 0.5) is 0 Å². The Morgan fingerprint density at radius 3 is 2.36 bits per heavy atom. The number of carbonyl (C=O) groups is 1. The molecule has 0 spiro atoms. The van der Waals surface area contributed by atoms with E-state index in [-0.39, 0.29) is 29.6 Å². The molecular weight excluding hydrogens is 456 g/mol. The van der Waals surface area contributed by atoms with Crippen LogP contribution in [0.25, 0.3) is 0 Å². The maximum Gasteiger partial charge on any atom is 0.303 e. The molecule has 36 heavy (non-hydrogen) atoms. The number of rotatable bonds is 6. The molecule has 0 aromatic carbocycles. The largest absolute Gasteiger partial charge is 0.459 e. The Morgan fingerprint density at radius 1 is 1.08 bits per heavy atom. The van der Waals surface area contributed by atoms with E-state index in [2.05, 4.69) is 20.8 Å². The lowest BCUT2D eigenvalue weighted by atomic mass is 9.42. The lowest BCUT2D eigenvalue weighted by Gasteiger charge is -2.65. The fourth-order valence-electron chi connectivity index (χ4n) is 9.60. The van der Waals surface area contributed by atoms with Crippen LogP contribution >= 0.6 is 0 Å². The third kappa shape index (κ3) is 4.36. The first-order valence-corrected chi connectivity index (χ1v) is 14.5. The number of fused-ring (bicyclic) bond motifs is 5. The highest BCUT2D eigenvalue weighted by molar-refractivity contribution is 5.66. The van der Waals surface area contributed by atoms with E-state index in [0.717, 1.165) is 32.1 Å². The first kappa shape index (κ1) is 28.3. The molecule has 0 amide bonds. The summed E-state index contributed by atoms with van der Waals surface area (Å²) in [5.41, 5.74) is -2.41. The summed E-state index contributed by atoms with van der Waals surface area (Å²) in [6, 6.07) is 0. The van der Waals surface area contributed by atoms with Gasteiger partial charge >= 0.3 is 5.97 Å². The van der Waals surface area contributed by atoms with Crippen molar-refractivity contribution in [3.63, 3.8) is 0 Å². The molecule has 4 rings (SSSR count). The van der Waals surface area contributed by atoms with Crippen molar-refractivity contribution >= 4 is 5.97 Å². The zero-order valence-electron chi connectivity index (χ0n) is 23.7. The van der Waals surface area contributed by atoms with E-state index in [1.165, 1.54) is 6.92 Å². The van der Waals surface area contributed by atoms with Crippen molar-refractivity contribution in [2.24, 2.45) is 46.3 Å². The van der Waals surface area contributed by atoms with Crippen LogP contribution in [0.15, 0.2) is 0 Å². The van der Waals surface area contributed by atoms with E-state index >= 15 is 0 Å². The summed E-state index contributed by atoms with van der Waals surface area (Å²) in [5.74, 6) is 1.30. The van der Waals surface area contributed by atoms with Crippen molar-refractivity contribution in [1.82, 2.24) is 0 Å². The van der Waals surface area contributed by atoms with Gasteiger partial charge in [0.1, 0.15) is 11.7 Å². The van der Waals surface area contributed by atoms with Crippen molar-refractivity contribution in [2.45, 2.75) is 136 Å². The van der Waals surface area contributed by atoms with Crippen LogP contribution in [-0.4, -0.2) is 55.9 Å². The van der Waals surface area contributed by atoms with E-state index in [9.17, 15) is 25.2 Å². The topological polar surface area (TPSA) is 107 Å². The number of aliphatic hydroxyl groups excluding tert-OH is 2. The summed E-state index contributed by atoms with van der Waals surface area (Å²) in [6.07, 6.45) is 5.25. The fraction of sp³-hybridized carbons (Fsp3) is 0.967. The molecule has 0 aliphatic heterocycles. The molecule has 12 atom stereocenters. The van der Waals surface area contributed by atoms with E-state index in [4.69, 9.17) is 4.74 Å². The van der Waals surface area contributed by atoms with Gasteiger partial charge in [-0.3, -0.25) is 4.79 Å². The Labute approximate surface area is 218 Å². The van der Waals surface area contributed by atoms with E-state index in [0.29, 0.717) is 42.9 Å². The van der Waals surface area contributed by atoms with Crippen LogP contribution in [0.1, 0.15) is 106 Å². The molecule has 0 radical (unpaired) electrons. The monoisotopic (exact) mass is 508 g/mol. The second kappa shape index (κ2) is 9.50. The molecule has 0 bridgehead atoms. The minimum absolute atomic E-state index is 0.0754. The predicted octanol–water partition coefficient (Wildman–Crippen LogP) is 4.46. The number of carbonyl (C=O) groups excluding carboxylic acids is 1. The zero-order chi connectivity index (χ0) is 26.8. The molecule has 208 valence electrons. The maximum absolute atomic E-state index is 12.1. The van der Waals surface area contributed by atoms with Crippen molar-refractivity contribution in [3.05, 3.63) is 0 Å². The van der Waals surface area contributed by atoms with Crippen molar-refractivity contribution in [1.29, 1.82) is 0 Å². The van der Waals surface area contributed by atoms with Crippen LogP contribution in [0.5, 0.6) is 0 Å². The van der Waals surface area contributed by atoms with Crippen LogP contribution in [-0.2, 0) is 9.53 Å². The van der Waals surface area contributed by atoms with Crippen molar-refractivity contribution in [3.8, 4) is 0 Å². The number of hydrogen-bond acceptors (Lipinski definition) is 6. The van der Waals surface area contributed by atoms with Gasteiger partial charge in [0.15, 0.2) is 0 Å². The minimum atomic E-state index is -1.20. The Morgan fingerprint density at radius 2 is 1.75 bits per heavy atom. The summed E-state index contributed by atoms with van der Waals surface area (Å²) < 4.78 is 5.83. The van der Waals surface area contributed by atoms with E-state index in [1.54, 1.807) is 0 Å². The lowest BCUT2D eigenvalue weighted by molar-refractivity contribution is -0.270. The lowest BCUT2D eigenvalue weighted by Crippen LogP contribution is -2.69. The molecule has 0 aromatic heterocycles. The highest BCUT2D eigenvalue weighted by Gasteiger charge is 2.68. The molecule has 4 saturated carbocycles. The molecule has 4 aliphatic rings. The van der Waals surface area contributed by atoms with Gasteiger partial charge in [0.05, 0.1) is 17.8 Å². The SMILES string of the molecule is CC(=O)O[C@@H]1CC2C3CCC([C@H](C)[C@H](O)CC(C)(O)C(C)C)[C@@]3(C)CCC2[C@@]2(C)CC[C@H](O)C[C@]12O. The first-order valence-electron chi connectivity index (χ1n) is 14.5. The number of hydrogen-bond donors (Lipinski definition) is 4. The smallest absolute Gasteiger partial charge is 0.303 e. The Balaban J connectivity index is 1.60. The normalized spacial score (nSPS) is 47.8. The Bertz CT molecular complexity index is 826. The van der Waals surface area contributed by atoms with E-state index < -0.39 is 34.9 Å². The predicted molar refractivity (Wildman–Crippen MR) is 139 cm³/mol. The zero-order valence-corrected chi connectivity index (χ0v) is 23.7. The second-order valence-corrected chi connectivity index (χ2v) is 14.3. The maximum atomic E-state index is 12.1. The Kier molecular flexibility index (Phi) is 7.47. The van der Waals surface area contributed by atoms with Crippen LogP contribution in [0.2, 0.25) is 0 Å². The summed E-state index contributed by atoms with van der Waals surface area (Å²) >= 11 is 0. The molecule has 4 N–H and O–H groups in total. The minimum Gasteiger partial charge on any atom is -0.459 e. The third-order valence-electron chi connectivity index (χ3n) is 12.3. The van der Waals surface area contributed by atoms with Crippen LogP contribution in [0, 0.1) is 46.3 Å².